The summed E-state index contributed by atoms with van der Waals surface area (Å²) < 4.78 is 0. The molecule has 1 atom stereocenters. The van der Waals surface area contributed by atoms with Crippen LogP contribution in [0.1, 0.15) is 64.7 Å². The minimum absolute atomic E-state index is 0.807. The highest BCUT2D eigenvalue weighted by Gasteiger charge is 2.10. The smallest absolute Gasteiger partial charge is 0.00891 e. The van der Waals surface area contributed by atoms with E-state index in [1.54, 1.807) is 0 Å². The van der Waals surface area contributed by atoms with Crippen LogP contribution in [0.25, 0.3) is 0 Å². The monoisotopic (exact) mass is 256 g/mol. The molecular weight excluding hydrogens is 220 g/mol. The zero-order valence-corrected chi connectivity index (χ0v) is 13.5. The molecule has 0 aromatic rings. The van der Waals surface area contributed by atoms with Gasteiger partial charge < -0.3 is 9.80 Å². The van der Waals surface area contributed by atoms with Gasteiger partial charge in [0.05, 0.1) is 0 Å². The van der Waals surface area contributed by atoms with Crippen molar-refractivity contribution in [1.29, 1.82) is 0 Å². The van der Waals surface area contributed by atoms with E-state index in [1.165, 1.54) is 64.3 Å². The van der Waals surface area contributed by atoms with E-state index < -0.39 is 0 Å². The molecule has 0 heterocycles. The molecule has 18 heavy (non-hydrogen) atoms. The van der Waals surface area contributed by atoms with Gasteiger partial charge in [-0.2, -0.15) is 0 Å². The van der Waals surface area contributed by atoms with Gasteiger partial charge in [-0.25, -0.2) is 0 Å². The molecule has 0 saturated heterocycles. The largest absolute Gasteiger partial charge is 0.309 e. The van der Waals surface area contributed by atoms with Crippen molar-refractivity contribution in [3.05, 3.63) is 0 Å². The van der Waals surface area contributed by atoms with Crippen LogP contribution in [0, 0.1) is 0 Å². The van der Waals surface area contributed by atoms with Crippen LogP contribution in [0.4, 0.5) is 0 Å². The summed E-state index contributed by atoms with van der Waals surface area (Å²) in [6, 6.07) is 0.807. The minimum Gasteiger partial charge on any atom is -0.309 e. The molecule has 2 heteroatoms. The molecule has 0 bridgehead atoms. The summed E-state index contributed by atoms with van der Waals surface area (Å²) in [5, 5.41) is 0. The summed E-state index contributed by atoms with van der Waals surface area (Å²) >= 11 is 0. The van der Waals surface area contributed by atoms with Gasteiger partial charge in [0.15, 0.2) is 0 Å². The molecule has 0 amide bonds. The molecule has 0 aliphatic carbocycles. The zero-order valence-electron chi connectivity index (χ0n) is 13.5. The Morgan fingerprint density at radius 2 is 1.28 bits per heavy atom. The molecule has 2 nitrogen and oxygen atoms in total. The third-order valence-electron chi connectivity index (χ3n) is 3.76. The Bertz CT molecular complexity index is 166. The van der Waals surface area contributed by atoms with Crippen molar-refractivity contribution in [2.45, 2.75) is 70.8 Å². The number of hydrogen-bond acceptors (Lipinski definition) is 2. The van der Waals surface area contributed by atoms with Gasteiger partial charge in [0.2, 0.25) is 0 Å². The lowest BCUT2D eigenvalue weighted by atomic mass is 10.0. The fourth-order valence-electron chi connectivity index (χ4n) is 2.45. The minimum atomic E-state index is 0.807. The van der Waals surface area contributed by atoms with Crippen molar-refractivity contribution >= 4 is 0 Å². The van der Waals surface area contributed by atoms with Crippen molar-refractivity contribution in [2.24, 2.45) is 0 Å². The average molecular weight is 256 g/mol. The highest BCUT2D eigenvalue weighted by atomic mass is 15.1. The Labute approximate surface area is 116 Å². The third kappa shape index (κ3) is 11.0. The molecule has 1 unspecified atom stereocenters. The van der Waals surface area contributed by atoms with E-state index in [-0.39, 0.29) is 0 Å². The first-order valence-corrected chi connectivity index (χ1v) is 7.89. The zero-order chi connectivity index (χ0) is 13.8. The van der Waals surface area contributed by atoms with Gasteiger partial charge in [0.25, 0.3) is 0 Å². The Morgan fingerprint density at radius 3 is 1.72 bits per heavy atom. The molecule has 110 valence electrons. The quantitative estimate of drug-likeness (QED) is 0.487. The number of unbranched alkanes of at least 4 members (excludes halogenated alkanes) is 5. The molecule has 0 saturated carbocycles. The van der Waals surface area contributed by atoms with Gasteiger partial charge in [0.1, 0.15) is 0 Å². The highest BCUT2D eigenvalue weighted by Crippen LogP contribution is 2.15. The predicted octanol–water partition coefficient (Wildman–Crippen LogP) is 4.01. The maximum atomic E-state index is 2.43. The van der Waals surface area contributed by atoms with Crippen LogP contribution in [-0.2, 0) is 0 Å². The van der Waals surface area contributed by atoms with Crippen LogP contribution in [0.2, 0.25) is 0 Å². The van der Waals surface area contributed by atoms with Gasteiger partial charge in [-0.3, -0.25) is 0 Å². The normalized spacial score (nSPS) is 13.5. The second-order valence-electron chi connectivity index (χ2n) is 6.12. The molecule has 0 aliphatic heterocycles. The molecule has 0 spiro atoms. The predicted molar refractivity (Wildman–Crippen MR) is 83.3 cm³/mol. The first kappa shape index (κ1) is 17.9. The van der Waals surface area contributed by atoms with Gasteiger partial charge >= 0.3 is 0 Å². The molecule has 0 N–H and O–H groups in total. The molecule has 0 fully saturated rings. The van der Waals surface area contributed by atoms with E-state index in [0.29, 0.717) is 0 Å². The van der Waals surface area contributed by atoms with Crippen LogP contribution >= 0.6 is 0 Å². The van der Waals surface area contributed by atoms with Crippen LogP contribution in [0.3, 0.4) is 0 Å². The summed E-state index contributed by atoms with van der Waals surface area (Å²) in [6.45, 7) is 3.53. The Balaban J connectivity index is 3.57. The molecule has 0 aromatic heterocycles. The lowest BCUT2D eigenvalue weighted by molar-refractivity contribution is 0.250. The molecule has 0 aromatic carbocycles. The van der Waals surface area contributed by atoms with E-state index in [0.717, 1.165) is 6.04 Å². The maximum absolute atomic E-state index is 2.43. The van der Waals surface area contributed by atoms with Crippen molar-refractivity contribution in [3.63, 3.8) is 0 Å². The summed E-state index contributed by atoms with van der Waals surface area (Å²) in [6.07, 6.45) is 12.5. The van der Waals surface area contributed by atoms with E-state index >= 15 is 0 Å². The lowest BCUT2D eigenvalue weighted by Crippen LogP contribution is -2.27. The second kappa shape index (κ2) is 12.0. The average Bonchev–Trinajstić information content (AvgIpc) is 2.30. The van der Waals surface area contributed by atoms with E-state index in [2.05, 4.69) is 44.9 Å². The van der Waals surface area contributed by atoms with E-state index in [9.17, 15) is 0 Å². The molecule has 0 aliphatic rings. The van der Waals surface area contributed by atoms with E-state index in [4.69, 9.17) is 0 Å². The molecule has 0 radical (unpaired) electrons. The van der Waals surface area contributed by atoms with Crippen molar-refractivity contribution in [3.8, 4) is 0 Å². The number of hydrogen-bond donors (Lipinski definition) is 0. The van der Waals surface area contributed by atoms with Gasteiger partial charge in [-0.05, 0) is 54.0 Å². The fraction of sp³-hybridized carbons (Fsp3) is 1.00. The first-order chi connectivity index (χ1) is 8.57. The van der Waals surface area contributed by atoms with Gasteiger partial charge in [0, 0.05) is 6.04 Å². The topological polar surface area (TPSA) is 6.48 Å². The van der Waals surface area contributed by atoms with Gasteiger partial charge in [-0.1, -0.05) is 45.4 Å². The van der Waals surface area contributed by atoms with Crippen LogP contribution in [0.15, 0.2) is 0 Å². The number of nitrogens with zero attached hydrogens (tertiary/aromatic N) is 2. The van der Waals surface area contributed by atoms with E-state index in [1.807, 2.05) is 0 Å². The Hall–Kier alpha value is -0.0800. The summed E-state index contributed by atoms with van der Waals surface area (Å²) in [7, 11) is 8.81. The Kier molecular flexibility index (Phi) is 11.9. The standard InChI is InChI=1S/C16H36N2/c1-6-7-8-10-13-16(18(4)5)14-11-9-12-15-17(2)3/h16H,6-15H2,1-5H3. The molecule has 0 rings (SSSR count). The lowest BCUT2D eigenvalue weighted by Gasteiger charge is -2.24. The SMILES string of the molecule is CCCCCCC(CCCCCN(C)C)N(C)C. The van der Waals surface area contributed by atoms with Crippen molar-refractivity contribution < 1.29 is 0 Å². The van der Waals surface area contributed by atoms with Crippen LogP contribution in [0.5, 0.6) is 0 Å². The van der Waals surface area contributed by atoms with Gasteiger partial charge in [-0.15, -0.1) is 0 Å². The van der Waals surface area contributed by atoms with Crippen molar-refractivity contribution in [2.75, 3.05) is 34.7 Å². The van der Waals surface area contributed by atoms with Crippen LogP contribution in [-0.4, -0.2) is 50.6 Å². The van der Waals surface area contributed by atoms with Crippen molar-refractivity contribution in [1.82, 2.24) is 9.80 Å². The fourth-order valence-corrected chi connectivity index (χ4v) is 2.45. The Morgan fingerprint density at radius 1 is 0.722 bits per heavy atom. The summed E-state index contributed by atoms with van der Waals surface area (Å²) in [5.41, 5.74) is 0. The first-order valence-electron chi connectivity index (χ1n) is 7.89. The number of rotatable bonds is 12. The summed E-state index contributed by atoms with van der Waals surface area (Å²) in [4.78, 5) is 4.71. The highest BCUT2D eigenvalue weighted by molar-refractivity contribution is 4.66. The van der Waals surface area contributed by atoms with Crippen LogP contribution < -0.4 is 0 Å². The molecular formula is C16H36N2. The maximum Gasteiger partial charge on any atom is 0.00891 e. The second-order valence-corrected chi connectivity index (χ2v) is 6.12. The third-order valence-corrected chi connectivity index (χ3v) is 3.76. The summed E-state index contributed by atoms with van der Waals surface area (Å²) in [5.74, 6) is 0.